The minimum Gasteiger partial charge on any atom is -0.404 e. The lowest BCUT2D eigenvalue weighted by molar-refractivity contribution is 0.0728. The standard InChI is InChI=1S/C29H19Cl2N3O3/c30-22-11-12-24(31)23(17-22)21-13-14-34(27(35)16-21)25(15-19-7-3-1-4-8-19)28-32-18-26(33-28)37-29(36)20-9-5-2-6-10-20/h1-18H,(H,32,33). The molecule has 0 bridgehead atoms. The van der Waals surface area contributed by atoms with Crippen molar-refractivity contribution in [3.05, 3.63) is 141 Å². The molecule has 0 aliphatic heterocycles. The summed E-state index contributed by atoms with van der Waals surface area (Å²) in [6.45, 7) is 0. The molecular weight excluding hydrogens is 509 g/mol. The van der Waals surface area contributed by atoms with Gasteiger partial charge in [-0.25, -0.2) is 9.78 Å². The number of aromatic nitrogens is 3. The number of carbonyl (C=O) groups excluding carboxylic acids is 1. The van der Waals surface area contributed by atoms with E-state index in [4.69, 9.17) is 27.9 Å². The zero-order valence-electron chi connectivity index (χ0n) is 19.3. The molecular formula is C29H19Cl2N3O3. The summed E-state index contributed by atoms with van der Waals surface area (Å²) in [5.41, 5.74) is 2.69. The summed E-state index contributed by atoms with van der Waals surface area (Å²) in [7, 11) is 0. The van der Waals surface area contributed by atoms with Crippen LogP contribution in [0.2, 0.25) is 10.0 Å². The monoisotopic (exact) mass is 527 g/mol. The van der Waals surface area contributed by atoms with Crippen molar-refractivity contribution in [3.63, 3.8) is 0 Å². The number of halogens is 2. The van der Waals surface area contributed by atoms with Crippen LogP contribution in [-0.4, -0.2) is 20.5 Å². The second-order valence-corrected chi connectivity index (χ2v) is 8.88. The Morgan fingerprint density at radius 2 is 1.65 bits per heavy atom. The number of hydrogen-bond donors (Lipinski definition) is 1. The fourth-order valence-corrected chi connectivity index (χ4v) is 4.14. The third-order valence-corrected chi connectivity index (χ3v) is 6.09. The van der Waals surface area contributed by atoms with E-state index in [0.717, 1.165) is 5.56 Å². The van der Waals surface area contributed by atoms with E-state index in [0.29, 0.717) is 38.3 Å². The highest BCUT2D eigenvalue weighted by molar-refractivity contribution is 6.35. The number of hydrogen-bond acceptors (Lipinski definition) is 4. The van der Waals surface area contributed by atoms with Gasteiger partial charge < -0.3 is 9.72 Å². The molecule has 0 saturated carbocycles. The van der Waals surface area contributed by atoms with Crippen molar-refractivity contribution in [2.24, 2.45) is 0 Å². The maximum atomic E-state index is 13.3. The first-order valence-corrected chi connectivity index (χ1v) is 12.0. The van der Waals surface area contributed by atoms with E-state index in [1.54, 1.807) is 54.7 Å². The fourth-order valence-electron chi connectivity index (χ4n) is 3.74. The van der Waals surface area contributed by atoms with E-state index in [1.165, 1.54) is 16.8 Å². The van der Waals surface area contributed by atoms with Crippen molar-refractivity contribution >= 4 is 40.9 Å². The highest BCUT2D eigenvalue weighted by Gasteiger charge is 2.16. The highest BCUT2D eigenvalue weighted by Crippen LogP contribution is 2.30. The molecule has 0 aliphatic rings. The first kappa shape index (κ1) is 24.3. The molecule has 8 heteroatoms. The average Bonchev–Trinajstić information content (AvgIpc) is 3.38. The molecule has 3 aromatic carbocycles. The molecule has 37 heavy (non-hydrogen) atoms. The van der Waals surface area contributed by atoms with E-state index in [9.17, 15) is 9.59 Å². The van der Waals surface area contributed by atoms with Gasteiger partial charge in [-0.2, -0.15) is 0 Å². The number of benzene rings is 3. The lowest BCUT2D eigenvalue weighted by atomic mass is 10.1. The third kappa shape index (κ3) is 5.56. The minimum absolute atomic E-state index is 0.151. The van der Waals surface area contributed by atoms with Crippen LogP contribution in [0.4, 0.5) is 0 Å². The number of H-pyrrole nitrogens is 1. The van der Waals surface area contributed by atoms with Crippen LogP contribution in [0.1, 0.15) is 21.7 Å². The summed E-state index contributed by atoms with van der Waals surface area (Å²) >= 11 is 12.5. The fraction of sp³-hybridized carbons (Fsp3) is 0. The second kappa shape index (κ2) is 10.7. The van der Waals surface area contributed by atoms with Gasteiger partial charge in [-0.05, 0) is 53.6 Å². The molecule has 0 atom stereocenters. The number of nitrogens with one attached hydrogen (secondary N) is 1. The van der Waals surface area contributed by atoms with Gasteiger partial charge in [0.15, 0.2) is 5.82 Å². The second-order valence-electron chi connectivity index (χ2n) is 8.04. The summed E-state index contributed by atoms with van der Waals surface area (Å²) < 4.78 is 6.91. The van der Waals surface area contributed by atoms with E-state index in [-0.39, 0.29) is 11.4 Å². The number of imidazole rings is 1. The molecule has 1 N–H and O–H groups in total. The van der Waals surface area contributed by atoms with Gasteiger partial charge in [-0.1, -0.05) is 71.7 Å². The first-order valence-electron chi connectivity index (χ1n) is 11.3. The van der Waals surface area contributed by atoms with Crippen LogP contribution in [0.15, 0.2) is 108 Å². The van der Waals surface area contributed by atoms with Crippen molar-refractivity contribution in [1.29, 1.82) is 0 Å². The summed E-state index contributed by atoms with van der Waals surface area (Å²) in [4.78, 5) is 33.2. The van der Waals surface area contributed by atoms with Gasteiger partial charge >= 0.3 is 5.97 Å². The summed E-state index contributed by atoms with van der Waals surface area (Å²) in [6.07, 6.45) is 4.86. The average molecular weight is 528 g/mol. The molecule has 182 valence electrons. The maximum Gasteiger partial charge on any atom is 0.344 e. The van der Waals surface area contributed by atoms with Gasteiger partial charge in [0.1, 0.15) is 0 Å². The summed E-state index contributed by atoms with van der Waals surface area (Å²) in [6, 6.07) is 26.5. The normalized spacial score (nSPS) is 11.4. The zero-order valence-corrected chi connectivity index (χ0v) is 20.8. The number of nitrogens with zero attached hydrogens (tertiary/aromatic N) is 2. The molecule has 0 spiro atoms. The van der Waals surface area contributed by atoms with Gasteiger partial charge in [-0.15, -0.1) is 0 Å². The van der Waals surface area contributed by atoms with Crippen LogP contribution in [0.25, 0.3) is 22.9 Å². The Hall–Kier alpha value is -4.39. The molecule has 0 saturated heterocycles. The molecule has 2 heterocycles. The molecule has 0 aliphatic carbocycles. The highest BCUT2D eigenvalue weighted by atomic mass is 35.5. The Kier molecular flexibility index (Phi) is 7.03. The van der Waals surface area contributed by atoms with Crippen LogP contribution in [-0.2, 0) is 0 Å². The zero-order chi connectivity index (χ0) is 25.8. The number of esters is 1. The van der Waals surface area contributed by atoms with Crippen LogP contribution in [0.3, 0.4) is 0 Å². The molecule has 2 aromatic heterocycles. The number of pyridine rings is 1. The predicted octanol–water partition coefficient (Wildman–Crippen LogP) is 6.81. The van der Waals surface area contributed by atoms with Crippen molar-refractivity contribution in [2.75, 3.05) is 0 Å². The first-order chi connectivity index (χ1) is 18.0. The molecule has 0 unspecified atom stereocenters. The van der Waals surface area contributed by atoms with Crippen LogP contribution in [0, 0.1) is 0 Å². The SMILES string of the molecule is O=C(Oc1cnc(C(=Cc2ccccc2)n2ccc(-c3cc(Cl)ccc3Cl)cc2=O)[nH]1)c1ccccc1. The number of rotatable bonds is 6. The van der Waals surface area contributed by atoms with Gasteiger partial charge in [0.05, 0.1) is 17.5 Å². The quantitative estimate of drug-likeness (QED) is 0.246. The summed E-state index contributed by atoms with van der Waals surface area (Å²) in [5, 5.41) is 0.999. The molecule has 5 rings (SSSR count). The Morgan fingerprint density at radius 3 is 2.38 bits per heavy atom. The molecule has 0 fully saturated rings. The van der Waals surface area contributed by atoms with Crippen LogP contribution < -0.4 is 10.3 Å². The van der Waals surface area contributed by atoms with E-state index in [1.807, 2.05) is 42.5 Å². The van der Waals surface area contributed by atoms with E-state index < -0.39 is 5.97 Å². The van der Waals surface area contributed by atoms with Crippen molar-refractivity contribution in [3.8, 4) is 17.0 Å². The van der Waals surface area contributed by atoms with Crippen molar-refractivity contribution in [1.82, 2.24) is 14.5 Å². The molecule has 0 radical (unpaired) electrons. The minimum atomic E-state index is -0.524. The van der Waals surface area contributed by atoms with Crippen molar-refractivity contribution in [2.45, 2.75) is 0 Å². The van der Waals surface area contributed by atoms with E-state index in [2.05, 4.69) is 9.97 Å². The van der Waals surface area contributed by atoms with Gasteiger partial charge in [0.25, 0.3) is 5.56 Å². The molecule has 5 aromatic rings. The Morgan fingerprint density at radius 1 is 0.919 bits per heavy atom. The van der Waals surface area contributed by atoms with Crippen molar-refractivity contribution < 1.29 is 9.53 Å². The largest absolute Gasteiger partial charge is 0.404 e. The summed E-state index contributed by atoms with van der Waals surface area (Å²) in [5.74, 6) is -0.0298. The Labute approximate surface area is 222 Å². The van der Waals surface area contributed by atoms with Gasteiger partial charge in [0, 0.05) is 27.9 Å². The topological polar surface area (TPSA) is 77.0 Å². The Balaban J connectivity index is 1.53. The van der Waals surface area contributed by atoms with Gasteiger partial charge in [-0.3, -0.25) is 9.36 Å². The number of aromatic amines is 1. The predicted molar refractivity (Wildman–Crippen MR) is 146 cm³/mol. The van der Waals surface area contributed by atoms with Crippen LogP contribution in [0.5, 0.6) is 5.88 Å². The third-order valence-electron chi connectivity index (χ3n) is 5.53. The smallest absolute Gasteiger partial charge is 0.344 e. The van der Waals surface area contributed by atoms with Gasteiger partial charge in [0.2, 0.25) is 5.88 Å². The number of ether oxygens (including phenoxy) is 1. The lowest BCUT2D eigenvalue weighted by Crippen LogP contribution is -2.19. The molecule has 6 nitrogen and oxygen atoms in total. The van der Waals surface area contributed by atoms with Crippen LogP contribution >= 0.6 is 23.2 Å². The molecule has 0 amide bonds. The lowest BCUT2D eigenvalue weighted by Gasteiger charge is -2.11. The number of carbonyl (C=O) groups is 1. The Bertz CT molecular complexity index is 1660. The van der Waals surface area contributed by atoms with E-state index >= 15 is 0 Å². The maximum absolute atomic E-state index is 13.3.